The summed E-state index contributed by atoms with van der Waals surface area (Å²) in [5, 5.41) is 2.35. The monoisotopic (exact) mass is 638 g/mol. The zero-order chi connectivity index (χ0) is 33.1. The van der Waals surface area contributed by atoms with Crippen LogP contribution in [0.2, 0.25) is 0 Å². The number of aliphatic imine (C=N–C) groups is 2. The van der Waals surface area contributed by atoms with Crippen LogP contribution in [-0.2, 0) is 5.79 Å². The molecule has 0 N–H and O–H groups in total. The van der Waals surface area contributed by atoms with Gasteiger partial charge < -0.3 is 0 Å². The molecule has 0 bridgehead atoms. The second kappa shape index (κ2) is 11.2. The van der Waals surface area contributed by atoms with Gasteiger partial charge in [0.1, 0.15) is 5.82 Å². The molecule has 4 nitrogen and oxygen atoms in total. The van der Waals surface area contributed by atoms with E-state index in [4.69, 9.17) is 15.0 Å². The van der Waals surface area contributed by atoms with Gasteiger partial charge in [-0.15, -0.1) is 0 Å². The van der Waals surface area contributed by atoms with Crippen LogP contribution in [0.4, 0.5) is 0 Å². The van der Waals surface area contributed by atoms with Crippen LogP contribution in [-0.4, -0.2) is 21.0 Å². The van der Waals surface area contributed by atoms with Crippen molar-refractivity contribution in [3.63, 3.8) is 0 Å². The lowest BCUT2D eigenvalue weighted by atomic mass is 9.89. The summed E-state index contributed by atoms with van der Waals surface area (Å²) in [7, 11) is 0. The Morgan fingerprint density at radius 1 is 0.420 bits per heavy atom. The Kier molecular flexibility index (Phi) is 6.36. The van der Waals surface area contributed by atoms with E-state index in [1.807, 2.05) is 12.1 Å². The first-order chi connectivity index (χ1) is 24.8. The van der Waals surface area contributed by atoms with E-state index in [-0.39, 0.29) is 0 Å². The summed E-state index contributed by atoms with van der Waals surface area (Å²) in [6.07, 6.45) is 0. The maximum atomic E-state index is 5.84. The second-order valence-corrected chi connectivity index (χ2v) is 12.7. The van der Waals surface area contributed by atoms with E-state index in [0.717, 1.165) is 73.1 Å². The van der Waals surface area contributed by atoms with Gasteiger partial charge in [-0.1, -0.05) is 176 Å². The van der Waals surface area contributed by atoms with Crippen LogP contribution in [0, 0.1) is 0 Å². The molecule has 234 valence electrons. The number of hydrogen-bond acceptors (Lipinski definition) is 3. The van der Waals surface area contributed by atoms with Crippen molar-refractivity contribution in [1.29, 1.82) is 0 Å². The molecule has 10 rings (SSSR count). The molecule has 4 heteroatoms. The van der Waals surface area contributed by atoms with E-state index in [9.17, 15) is 0 Å². The molecule has 1 aromatic heterocycles. The summed E-state index contributed by atoms with van der Waals surface area (Å²) in [4.78, 5) is 17.3. The molecule has 0 saturated carbocycles. The van der Waals surface area contributed by atoms with Gasteiger partial charge in [-0.05, 0) is 22.4 Å². The number of fused-ring (bicyclic) bond motifs is 9. The fourth-order valence-corrected chi connectivity index (χ4v) is 7.68. The molecule has 7 aromatic carbocycles. The van der Waals surface area contributed by atoms with Crippen molar-refractivity contribution < 1.29 is 0 Å². The minimum absolute atomic E-state index is 0.828. The van der Waals surface area contributed by atoms with E-state index in [1.54, 1.807) is 0 Å². The lowest BCUT2D eigenvalue weighted by Crippen LogP contribution is -2.31. The van der Waals surface area contributed by atoms with Crippen LogP contribution in [0.5, 0.6) is 0 Å². The summed E-state index contributed by atoms with van der Waals surface area (Å²) in [5.74, 6) is -0.387. The molecule has 0 radical (unpaired) electrons. The van der Waals surface area contributed by atoms with Gasteiger partial charge in [-0.2, -0.15) is 0 Å². The van der Waals surface area contributed by atoms with Crippen molar-refractivity contribution in [3.8, 4) is 45.0 Å². The van der Waals surface area contributed by atoms with E-state index in [2.05, 4.69) is 174 Å². The first kappa shape index (κ1) is 28.4. The lowest BCUT2D eigenvalue weighted by Gasteiger charge is -2.29. The van der Waals surface area contributed by atoms with Gasteiger partial charge in [0.2, 0.25) is 0 Å². The van der Waals surface area contributed by atoms with Gasteiger partial charge >= 0.3 is 0 Å². The molecule has 0 unspecified atom stereocenters. The topological polar surface area (TPSA) is 42.5 Å². The Bertz CT molecular complexity index is 2560. The highest BCUT2D eigenvalue weighted by Gasteiger charge is 2.48. The highest BCUT2D eigenvalue weighted by molar-refractivity contribution is 6.54. The van der Waals surface area contributed by atoms with Crippen LogP contribution >= 0.6 is 0 Å². The number of nitrogens with zero attached hydrogens (tertiary/aromatic N) is 4. The van der Waals surface area contributed by atoms with Crippen molar-refractivity contribution in [3.05, 3.63) is 199 Å². The Morgan fingerprint density at radius 3 is 1.58 bits per heavy atom. The van der Waals surface area contributed by atoms with E-state index in [1.165, 1.54) is 10.8 Å². The average molecular weight is 639 g/mol. The van der Waals surface area contributed by atoms with Crippen molar-refractivity contribution in [1.82, 2.24) is 9.55 Å². The zero-order valence-corrected chi connectivity index (χ0v) is 27.1. The molecule has 50 heavy (non-hydrogen) atoms. The molecule has 3 heterocycles. The Hall–Kier alpha value is -6.65. The highest BCUT2D eigenvalue weighted by atomic mass is 15.4. The molecule has 0 atom stereocenters. The van der Waals surface area contributed by atoms with Crippen molar-refractivity contribution >= 4 is 22.2 Å². The smallest absolute Gasteiger partial charge is 0.262 e. The number of imidazole rings is 1. The number of benzene rings is 7. The zero-order valence-electron chi connectivity index (χ0n) is 27.1. The van der Waals surface area contributed by atoms with E-state index in [0.29, 0.717) is 0 Å². The van der Waals surface area contributed by atoms with Crippen LogP contribution in [0.15, 0.2) is 192 Å². The largest absolute Gasteiger partial charge is 0.275 e. The average Bonchev–Trinajstić information content (AvgIpc) is 3.78. The molecule has 2 aliphatic rings. The molecule has 8 aromatic rings. The number of aromatic nitrogens is 2. The minimum atomic E-state index is -1.21. The van der Waals surface area contributed by atoms with Crippen LogP contribution in [0.25, 0.3) is 55.8 Å². The van der Waals surface area contributed by atoms with Gasteiger partial charge in [0.25, 0.3) is 5.79 Å². The predicted octanol–water partition coefficient (Wildman–Crippen LogP) is 10.7. The van der Waals surface area contributed by atoms with E-state index < -0.39 is 5.79 Å². The molecule has 0 amide bonds. The SMILES string of the molecule is c1ccc(C2=NC3(N=C2c2ccccc2)c2ccccc2-c2c(ccc4ccccc24)-c2nc(-c4ccccc4)c(-c4ccccc4)n23)cc1. The Morgan fingerprint density at radius 2 is 0.940 bits per heavy atom. The van der Waals surface area contributed by atoms with Crippen LogP contribution in [0.3, 0.4) is 0 Å². The molecular formula is C46H30N4. The van der Waals surface area contributed by atoms with Crippen LogP contribution in [0.1, 0.15) is 16.7 Å². The first-order valence-corrected chi connectivity index (χ1v) is 17.0. The normalized spacial score (nSPS) is 14.0. The lowest BCUT2D eigenvalue weighted by molar-refractivity contribution is 0.412. The molecule has 0 saturated heterocycles. The third-order valence-electron chi connectivity index (χ3n) is 9.87. The van der Waals surface area contributed by atoms with Gasteiger partial charge in [0.05, 0.1) is 22.8 Å². The summed E-state index contributed by atoms with van der Waals surface area (Å²) in [6, 6.07) is 63.7. The highest BCUT2D eigenvalue weighted by Crippen LogP contribution is 2.53. The van der Waals surface area contributed by atoms with Crippen molar-refractivity contribution in [2.45, 2.75) is 5.79 Å². The van der Waals surface area contributed by atoms with Crippen LogP contribution < -0.4 is 0 Å². The maximum Gasteiger partial charge on any atom is 0.262 e. The van der Waals surface area contributed by atoms with Crippen molar-refractivity contribution in [2.24, 2.45) is 9.98 Å². The molecular weight excluding hydrogens is 609 g/mol. The van der Waals surface area contributed by atoms with Gasteiger partial charge in [0, 0.05) is 38.9 Å². The van der Waals surface area contributed by atoms with Crippen molar-refractivity contribution in [2.75, 3.05) is 0 Å². The molecule has 0 fully saturated rings. The van der Waals surface area contributed by atoms with Gasteiger partial charge in [-0.3, -0.25) is 4.57 Å². The third kappa shape index (κ3) is 4.22. The fourth-order valence-electron chi connectivity index (χ4n) is 7.68. The fraction of sp³-hybridized carbons (Fsp3) is 0.0217. The summed E-state index contributed by atoms with van der Waals surface area (Å²) in [6.45, 7) is 0. The quantitative estimate of drug-likeness (QED) is 0.189. The Labute approximate surface area is 290 Å². The minimum Gasteiger partial charge on any atom is -0.275 e. The number of hydrogen-bond donors (Lipinski definition) is 0. The Balaban J connectivity index is 1.44. The standard InChI is InChI=1S/C46H30N4/c1-5-18-32(19-6-1)41-42(33-20-7-2-8-21-33)49-46(48-41)39-28-16-15-27-37(39)40-36-26-14-13-17-31(36)29-30-38(40)45-47-43(34-22-9-3-10-23-34)44(50(45)46)35-24-11-4-12-25-35/h1-30H. The predicted molar refractivity (Wildman–Crippen MR) is 205 cm³/mol. The third-order valence-corrected chi connectivity index (χ3v) is 9.87. The summed E-state index contributed by atoms with van der Waals surface area (Å²) >= 11 is 0. The van der Waals surface area contributed by atoms with Gasteiger partial charge in [-0.25, -0.2) is 15.0 Å². The van der Waals surface area contributed by atoms with E-state index >= 15 is 0 Å². The summed E-state index contributed by atoms with van der Waals surface area (Å²) < 4.78 is 2.32. The second-order valence-electron chi connectivity index (χ2n) is 12.7. The van der Waals surface area contributed by atoms with Gasteiger partial charge in [0.15, 0.2) is 0 Å². The molecule has 0 aliphatic carbocycles. The maximum absolute atomic E-state index is 5.84. The summed E-state index contributed by atoms with van der Waals surface area (Å²) in [5.41, 5.74) is 12.0. The number of rotatable bonds is 4. The molecule has 1 spiro atoms. The first-order valence-electron chi connectivity index (χ1n) is 17.0. The molecule has 2 aliphatic heterocycles.